The third kappa shape index (κ3) is 3.87. The quantitative estimate of drug-likeness (QED) is 0.382. The Bertz CT molecular complexity index is 1190. The van der Waals surface area contributed by atoms with Crippen molar-refractivity contribution < 1.29 is 23.8 Å². The first-order chi connectivity index (χ1) is 14.0. The van der Waals surface area contributed by atoms with Gasteiger partial charge in [-0.25, -0.2) is 9.79 Å². The summed E-state index contributed by atoms with van der Waals surface area (Å²) in [5.41, 5.74) is 1.50. The molecule has 29 heavy (non-hydrogen) atoms. The minimum absolute atomic E-state index is 0.159. The first-order valence-electron chi connectivity index (χ1n) is 8.92. The van der Waals surface area contributed by atoms with Gasteiger partial charge in [-0.2, -0.15) is 0 Å². The number of aliphatic imine (C=N–C) groups is 1. The number of esters is 2. The first-order valence-corrected chi connectivity index (χ1v) is 8.92. The fourth-order valence-electron chi connectivity index (χ4n) is 3.03. The Kier molecular flexibility index (Phi) is 4.83. The van der Waals surface area contributed by atoms with Gasteiger partial charge < -0.3 is 14.2 Å². The van der Waals surface area contributed by atoms with Crippen molar-refractivity contribution in [2.45, 2.75) is 6.92 Å². The standard InChI is InChI=1S/C23H17NO5/c1-14(25)28-21-12-15(7-10-20(21)27-2)11-19-23(26)29-22(24-19)18-9-8-16-5-3-4-6-17(16)13-18/h3-13H,1-2H3/b19-11-. The molecule has 3 aromatic rings. The summed E-state index contributed by atoms with van der Waals surface area (Å²) in [7, 11) is 1.48. The second kappa shape index (κ2) is 7.59. The van der Waals surface area contributed by atoms with Gasteiger partial charge in [0, 0.05) is 12.5 Å². The van der Waals surface area contributed by atoms with E-state index in [0.717, 1.165) is 16.3 Å². The lowest BCUT2D eigenvalue weighted by molar-refractivity contribution is -0.132. The van der Waals surface area contributed by atoms with Gasteiger partial charge in [-0.15, -0.1) is 0 Å². The molecule has 0 unspecified atom stereocenters. The number of carbonyl (C=O) groups is 2. The monoisotopic (exact) mass is 387 g/mol. The average molecular weight is 387 g/mol. The summed E-state index contributed by atoms with van der Waals surface area (Å²) in [5.74, 6) is -0.0834. The molecule has 0 radical (unpaired) electrons. The largest absolute Gasteiger partial charge is 0.493 e. The van der Waals surface area contributed by atoms with Gasteiger partial charge in [0.1, 0.15) is 0 Å². The smallest absolute Gasteiger partial charge is 0.363 e. The zero-order chi connectivity index (χ0) is 20.4. The van der Waals surface area contributed by atoms with E-state index in [2.05, 4.69) is 4.99 Å². The van der Waals surface area contributed by atoms with Gasteiger partial charge in [0.05, 0.1) is 7.11 Å². The fourth-order valence-corrected chi connectivity index (χ4v) is 3.03. The van der Waals surface area contributed by atoms with Crippen LogP contribution in [0.15, 0.2) is 71.4 Å². The number of methoxy groups -OCH3 is 1. The molecule has 0 bridgehead atoms. The summed E-state index contributed by atoms with van der Waals surface area (Å²) in [6, 6.07) is 18.6. The summed E-state index contributed by atoms with van der Waals surface area (Å²) >= 11 is 0. The molecule has 3 aromatic carbocycles. The Morgan fingerprint density at radius 1 is 1.00 bits per heavy atom. The van der Waals surface area contributed by atoms with Crippen molar-refractivity contribution in [1.29, 1.82) is 0 Å². The van der Waals surface area contributed by atoms with Crippen LogP contribution in [0.3, 0.4) is 0 Å². The van der Waals surface area contributed by atoms with Crippen molar-refractivity contribution in [2.24, 2.45) is 4.99 Å². The zero-order valence-corrected chi connectivity index (χ0v) is 15.8. The fraction of sp³-hybridized carbons (Fsp3) is 0.0870. The topological polar surface area (TPSA) is 74.2 Å². The molecule has 0 spiro atoms. The zero-order valence-electron chi connectivity index (χ0n) is 15.8. The molecule has 0 aliphatic carbocycles. The highest BCUT2D eigenvalue weighted by atomic mass is 16.6. The number of ether oxygens (including phenoxy) is 3. The third-order valence-corrected chi connectivity index (χ3v) is 4.36. The highest BCUT2D eigenvalue weighted by molar-refractivity contribution is 6.13. The maximum Gasteiger partial charge on any atom is 0.363 e. The minimum atomic E-state index is -0.544. The van der Waals surface area contributed by atoms with Gasteiger partial charge in [-0.3, -0.25) is 4.79 Å². The van der Waals surface area contributed by atoms with Crippen LogP contribution in [0.1, 0.15) is 18.1 Å². The summed E-state index contributed by atoms with van der Waals surface area (Å²) in [6.45, 7) is 1.30. The summed E-state index contributed by atoms with van der Waals surface area (Å²) in [6.07, 6.45) is 1.57. The van der Waals surface area contributed by atoms with Crippen LogP contribution in [0.25, 0.3) is 16.8 Å². The van der Waals surface area contributed by atoms with Crippen LogP contribution in [-0.4, -0.2) is 24.9 Å². The van der Waals surface area contributed by atoms with Gasteiger partial charge >= 0.3 is 11.9 Å². The molecule has 0 amide bonds. The van der Waals surface area contributed by atoms with E-state index in [1.807, 2.05) is 42.5 Å². The number of nitrogens with zero attached hydrogens (tertiary/aromatic N) is 1. The van der Waals surface area contributed by atoms with Crippen LogP contribution in [0.4, 0.5) is 0 Å². The number of cyclic esters (lactones) is 1. The molecule has 6 nitrogen and oxygen atoms in total. The highest BCUT2D eigenvalue weighted by Gasteiger charge is 2.24. The molecule has 1 heterocycles. The van der Waals surface area contributed by atoms with Crippen LogP contribution < -0.4 is 9.47 Å². The summed E-state index contributed by atoms with van der Waals surface area (Å²) in [5, 5.41) is 2.12. The number of hydrogen-bond acceptors (Lipinski definition) is 6. The second-order valence-electron chi connectivity index (χ2n) is 6.40. The number of carbonyl (C=O) groups excluding carboxylic acids is 2. The van der Waals surface area contributed by atoms with Crippen LogP contribution in [0.2, 0.25) is 0 Å². The van der Waals surface area contributed by atoms with E-state index in [1.165, 1.54) is 14.0 Å². The summed E-state index contributed by atoms with van der Waals surface area (Å²) < 4.78 is 15.7. The van der Waals surface area contributed by atoms with Gasteiger partial charge in [0.15, 0.2) is 17.2 Å². The van der Waals surface area contributed by atoms with Gasteiger partial charge in [0.2, 0.25) is 5.90 Å². The molecule has 0 aromatic heterocycles. The van der Waals surface area contributed by atoms with Gasteiger partial charge in [-0.05, 0) is 46.7 Å². The molecular formula is C23H17NO5. The van der Waals surface area contributed by atoms with E-state index in [1.54, 1.807) is 24.3 Å². The van der Waals surface area contributed by atoms with Crippen LogP contribution in [-0.2, 0) is 14.3 Å². The van der Waals surface area contributed by atoms with Crippen molar-refractivity contribution >= 4 is 34.7 Å². The Hall–Kier alpha value is -3.93. The van der Waals surface area contributed by atoms with E-state index in [4.69, 9.17) is 14.2 Å². The SMILES string of the molecule is COc1ccc(/C=C2\N=C(c3ccc4ccccc4c3)OC2=O)cc1OC(C)=O. The summed E-state index contributed by atoms with van der Waals surface area (Å²) in [4.78, 5) is 27.9. The molecular weight excluding hydrogens is 370 g/mol. The van der Waals surface area contributed by atoms with Crippen molar-refractivity contribution in [3.05, 3.63) is 77.5 Å². The lowest BCUT2D eigenvalue weighted by Gasteiger charge is -2.08. The van der Waals surface area contributed by atoms with Crippen molar-refractivity contribution in [1.82, 2.24) is 0 Å². The number of hydrogen-bond donors (Lipinski definition) is 0. The molecule has 0 saturated heterocycles. The van der Waals surface area contributed by atoms with Crippen molar-refractivity contribution in [3.8, 4) is 11.5 Å². The maximum absolute atomic E-state index is 12.3. The Morgan fingerprint density at radius 3 is 2.55 bits per heavy atom. The molecule has 0 atom stereocenters. The maximum atomic E-state index is 12.3. The van der Waals surface area contributed by atoms with Crippen molar-refractivity contribution in [3.63, 3.8) is 0 Å². The predicted octanol–water partition coefficient (Wildman–Crippen LogP) is 4.12. The average Bonchev–Trinajstić information content (AvgIpc) is 3.08. The second-order valence-corrected chi connectivity index (χ2v) is 6.40. The molecule has 1 aliphatic rings. The predicted molar refractivity (Wildman–Crippen MR) is 109 cm³/mol. The van der Waals surface area contributed by atoms with E-state index < -0.39 is 11.9 Å². The van der Waals surface area contributed by atoms with Crippen LogP contribution in [0.5, 0.6) is 11.5 Å². The van der Waals surface area contributed by atoms with E-state index >= 15 is 0 Å². The molecule has 1 aliphatic heterocycles. The Labute approximate surface area is 167 Å². The molecule has 0 N–H and O–H groups in total. The number of rotatable bonds is 4. The minimum Gasteiger partial charge on any atom is -0.493 e. The number of benzene rings is 3. The Morgan fingerprint density at radius 2 is 1.79 bits per heavy atom. The molecule has 6 heteroatoms. The lowest BCUT2D eigenvalue weighted by atomic mass is 10.1. The Balaban J connectivity index is 1.67. The first kappa shape index (κ1) is 18.4. The van der Waals surface area contributed by atoms with Gasteiger partial charge in [-0.1, -0.05) is 36.4 Å². The van der Waals surface area contributed by atoms with Crippen molar-refractivity contribution in [2.75, 3.05) is 7.11 Å². The highest BCUT2D eigenvalue weighted by Crippen LogP contribution is 2.30. The van der Waals surface area contributed by atoms with E-state index in [9.17, 15) is 9.59 Å². The van der Waals surface area contributed by atoms with E-state index in [-0.39, 0.29) is 17.3 Å². The molecule has 0 fully saturated rings. The molecule has 4 rings (SSSR count). The lowest BCUT2D eigenvalue weighted by Crippen LogP contribution is -2.05. The molecule has 0 saturated carbocycles. The van der Waals surface area contributed by atoms with Crippen LogP contribution in [0, 0.1) is 0 Å². The third-order valence-electron chi connectivity index (χ3n) is 4.36. The normalized spacial score (nSPS) is 14.6. The van der Waals surface area contributed by atoms with E-state index in [0.29, 0.717) is 11.3 Å². The number of fused-ring (bicyclic) bond motifs is 1. The molecule has 144 valence electrons. The van der Waals surface area contributed by atoms with Crippen LogP contribution >= 0.6 is 0 Å². The van der Waals surface area contributed by atoms with Gasteiger partial charge in [0.25, 0.3) is 0 Å².